The van der Waals surface area contributed by atoms with Crippen molar-refractivity contribution in [2.45, 2.75) is 25.9 Å². The van der Waals surface area contributed by atoms with Crippen molar-refractivity contribution < 1.29 is 9.18 Å². The number of amides is 1. The molecule has 124 valence electrons. The van der Waals surface area contributed by atoms with Gasteiger partial charge in [0, 0.05) is 18.9 Å². The van der Waals surface area contributed by atoms with Crippen molar-refractivity contribution in [3.63, 3.8) is 0 Å². The SMILES string of the molecule is O=C(NCc1nccn1CCCc1ccccc1)c1sccc1F. The maximum Gasteiger partial charge on any atom is 0.264 e. The quantitative estimate of drug-likeness (QED) is 0.712. The van der Waals surface area contributed by atoms with Crippen LogP contribution >= 0.6 is 11.3 Å². The van der Waals surface area contributed by atoms with Crippen LogP contribution in [0.25, 0.3) is 0 Å². The van der Waals surface area contributed by atoms with Gasteiger partial charge in [0.2, 0.25) is 0 Å². The first-order chi connectivity index (χ1) is 11.7. The molecule has 0 saturated heterocycles. The average Bonchev–Trinajstić information content (AvgIpc) is 3.22. The molecule has 0 fully saturated rings. The molecular formula is C18H18FN3OS. The summed E-state index contributed by atoms with van der Waals surface area (Å²) in [6.45, 7) is 1.11. The first-order valence-electron chi connectivity index (χ1n) is 7.79. The maximum atomic E-state index is 13.4. The highest BCUT2D eigenvalue weighted by Crippen LogP contribution is 2.14. The van der Waals surface area contributed by atoms with E-state index in [-0.39, 0.29) is 11.4 Å². The van der Waals surface area contributed by atoms with Crippen LogP contribution in [-0.2, 0) is 19.5 Å². The van der Waals surface area contributed by atoms with Crippen LogP contribution in [0.2, 0.25) is 0 Å². The molecule has 0 aliphatic rings. The molecule has 2 heterocycles. The minimum absolute atomic E-state index is 0.109. The van der Waals surface area contributed by atoms with E-state index in [0.29, 0.717) is 0 Å². The van der Waals surface area contributed by atoms with E-state index >= 15 is 0 Å². The zero-order chi connectivity index (χ0) is 16.8. The van der Waals surface area contributed by atoms with Crippen molar-refractivity contribution in [3.8, 4) is 0 Å². The van der Waals surface area contributed by atoms with Crippen molar-refractivity contribution in [2.24, 2.45) is 0 Å². The molecule has 4 nitrogen and oxygen atoms in total. The van der Waals surface area contributed by atoms with Crippen molar-refractivity contribution in [1.82, 2.24) is 14.9 Å². The van der Waals surface area contributed by atoms with E-state index in [4.69, 9.17) is 0 Å². The number of rotatable bonds is 7. The summed E-state index contributed by atoms with van der Waals surface area (Å²) in [6, 6.07) is 11.6. The van der Waals surface area contributed by atoms with Crippen molar-refractivity contribution >= 4 is 17.2 Å². The van der Waals surface area contributed by atoms with Crippen molar-refractivity contribution in [3.05, 3.63) is 76.3 Å². The molecule has 1 aromatic carbocycles. The Morgan fingerprint density at radius 2 is 2.08 bits per heavy atom. The molecule has 0 unspecified atom stereocenters. The number of benzene rings is 1. The zero-order valence-electron chi connectivity index (χ0n) is 13.1. The van der Waals surface area contributed by atoms with E-state index in [1.165, 1.54) is 11.6 Å². The predicted molar refractivity (Wildman–Crippen MR) is 92.4 cm³/mol. The van der Waals surface area contributed by atoms with Gasteiger partial charge in [0.1, 0.15) is 16.5 Å². The van der Waals surface area contributed by atoms with Crippen LogP contribution < -0.4 is 5.32 Å². The predicted octanol–water partition coefficient (Wildman–Crippen LogP) is 3.65. The van der Waals surface area contributed by atoms with Crippen LogP contribution in [0.3, 0.4) is 0 Å². The lowest BCUT2D eigenvalue weighted by Crippen LogP contribution is -2.24. The number of hydrogen-bond acceptors (Lipinski definition) is 3. The van der Waals surface area contributed by atoms with Crippen LogP contribution in [-0.4, -0.2) is 15.5 Å². The third-order valence-corrected chi connectivity index (χ3v) is 4.63. The molecule has 0 aliphatic heterocycles. The Morgan fingerprint density at radius 1 is 1.25 bits per heavy atom. The number of halogens is 1. The Morgan fingerprint density at radius 3 is 2.83 bits per heavy atom. The van der Waals surface area contributed by atoms with Gasteiger partial charge in [-0.25, -0.2) is 9.37 Å². The molecule has 3 aromatic rings. The number of aromatic nitrogens is 2. The largest absolute Gasteiger partial charge is 0.344 e. The van der Waals surface area contributed by atoms with E-state index in [1.807, 2.05) is 29.0 Å². The second kappa shape index (κ2) is 7.88. The summed E-state index contributed by atoms with van der Waals surface area (Å²) in [5, 5.41) is 4.29. The molecule has 0 spiro atoms. The number of hydrogen-bond donors (Lipinski definition) is 1. The Kier molecular flexibility index (Phi) is 5.38. The van der Waals surface area contributed by atoms with E-state index in [1.54, 1.807) is 11.6 Å². The normalized spacial score (nSPS) is 10.7. The number of nitrogens with zero attached hydrogens (tertiary/aromatic N) is 2. The summed E-state index contributed by atoms with van der Waals surface area (Å²) in [4.78, 5) is 16.3. The number of imidazole rings is 1. The average molecular weight is 343 g/mol. The fourth-order valence-corrected chi connectivity index (χ4v) is 3.19. The van der Waals surface area contributed by atoms with Crippen LogP contribution in [0.4, 0.5) is 4.39 Å². The van der Waals surface area contributed by atoms with Gasteiger partial charge in [-0.05, 0) is 29.9 Å². The van der Waals surface area contributed by atoms with Gasteiger partial charge in [0.15, 0.2) is 0 Å². The lowest BCUT2D eigenvalue weighted by molar-refractivity contribution is 0.0950. The highest BCUT2D eigenvalue weighted by atomic mass is 32.1. The van der Waals surface area contributed by atoms with Gasteiger partial charge in [-0.3, -0.25) is 4.79 Å². The lowest BCUT2D eigenvalue weighted by atomic mass is 10.1. The van der Waals surface area contributed by atoms with E-state index in [9.17, 15) is 9.18 Å². The third-order valence-electron chi connectivity index (χ3n) is 3.74. The summed E-state index contributed by atoms with van der Waals surface area (Å²) >= 11 is 1.10. The molecule has 0 atom stereocenters. The van der Waals surface area contributed by atoms with Crippen LogP contribution in [0, 0.1) is 5.82 Å². The standard InChI is InChI=1S/C18H18FN3OS/c19-15-8-12-24-17(15)18(23)21-13-16-20-9-11-22(16)10-4-7-14-5-2-1-3-6-14/h1-3,5-6,8-9,11-12H,4,7,10,13H2,(H,21,23). The lowest BCUT2D eigenvalue weighted by Gasteiger charge is -2.09. The number of aryl methyl sites for hydroxylation is 2. The molecule has 0 aliphatic carbocycles. The number of carbonyl (C=O) groups excluding carboxylic acids is 1. The molecule has 0 radical (unpaired) electrons. The third kappa shape index (κ3) is 4.08. The molecule has 1 N–H and O–H groups in total. The summed E-state index contributed by atoms with van der Waals surface area (Å²) in [5.74, 6) is -0.113. The molecule has 2 aromatic heterocycles. The van der Waals surface area contributed by atoms with Crippen LogP contribution in [0.15, 0.2) is 54.2 Å². The summed E-state index contributed by atoms with van der Waals surface area (Å²) in [6.07, 6.45) is 5.60. The number of thiophene rings is 1. The van der Waals surface area contributed by atoms with E-state index in [0.717, 1.165) is 36.5 Å². The van der Waals surface area contributed by atoms with Crippen molar-refractivity contribution in [2.75, 3.05) is 0 Å². The zero-order valence-corrected chi connectivity index (χ0v) is 13.9. The fraction of sp³-hybridized carbons (Fsp3) is 0.222. The van der Waals surface area contributed by atoms with Gasteiger partial charge in [-0.2, -0.15) is 0 Å². The van der Waals surface area contributed by atoms with E-state index in [2.05, 4.69) is 22.4 Å². The Bertz CT molecular complexity index is 797. The molecule has 24 heavy (non-hydrogen) atoms. The number of carbonyl (C=O) groups is 1. The van der Waals surface area contributed by atoms with Gasteiger partial charge >= 0.3 is 0 Å². The maximum absolute atomic E-state index is 13.4. The Hall–Kier alpha value is -2.47. The van der Waals surface area contributed by atoms with E-state index < -0.39 is 11.7 Å². The van der Waals surface area contributed by atoms with Gasteiger partial charge in [-0.1, -0.05) is 30.3 Å². The van der Waals surface area contributed by atoms with Gasteiger partial charge in [0.25, 0.3) is 5.91 Å². The molecule has 0 saturated carbocycles. The molecule has 6 heteroatoms. The first kappa shape index (κ1) is 16.4. The Balaban J connectivity index is 1.52. The second-order valence-corrected chi connectivity index (χ2v) is 6.32. The summed E-state index contributed by atoms with van der Waals surface area (Å²) in [5.41, 5.74) is 1.31. The van der Waals surface area contributed by atoms with Gasteiger partial charge < -0.3 is 9.88 Å². The molecule has 1 amide bonds. The molecular weight excluding hydrogens is 325 g/mol. The second-order valence-electron chi connectivity index (χ2n) is 5.41. The molecule has 0 bridgehead atoms. The fourth-order valence-electron chi connectivity index (χ4n) is 2.50. The summed E-state index contributed by atoms with van der Waals surface area (Å²) < 4.78 is 15.4. The van der Waals surface area contributed by atoms with Crippen molar-refractivity contribution in [1.29, 1.82) is 0 Å². The van der Waals surface area contributed by atoms with Crippen LogP contribution in [0.1, 0.15) is 27.5 Å². The van der Waals surface area contributed by atoms with Gasteiger partial charge in [-0.15, -0.1) is 11.3 Å². The first-order valence-corrected chi connectivity index (χ1v) is 8.67. The Labute approximate surface area is 144 Å². The van der Waals surface area contributed by atoms with Gasteiger partial charge in [0.05, 0.1) is 6.54 Å². The minimum Gasteiger partial charge on any atom is -0.344 e. The smallest absolute Gasteiger partial charge is 0.264 e. The summed E-state index contributed by atoms with van der Waals surface area (Å²) in [7, 11) is 0. The van der Waals surface area contributed by atoms with Crippen LogP contribution in [0.5, 0.6) is 0 Å². The topological polar surface area (TPSA) is 46.9 Å². The highest BCUT2D eigenvalue weighted by Gasteiger charge is 2.13. The highest BCUT2D eigenvalue weighted by molar-refractivity contribution is 7.12. The minimum atomic E-state index is -0.483. The number of nitrogens with one attached hydrogen (secondary N) is 1. The molecule has 3 rings (SSSR count). The monoisotopic (exact) mass is 343 g/mol.